The monoisotopic (exact) mass is 302 g/mol. The number of amides is 2. The van der Waals surface area contributed by atoms with E-state index in [4.69, 9.17) is 0 Å². The van der Waals surface area contributed by atoms with Gasteiger partial charge in [-0.3, -0.25) is 4.68 Å². The van der Waals surface area contributed by atoms with E-state index in [9.17, 15) is 9.90 Å². The second-order valence-electron chi connectivity index (χ2n) is 5.36. The van der Waals surface area contributed by atoms with Crippen LogP contribution < -0.4 is 10.6 Å². The molecule has 0 aliphatic heterocycles. The minimum absolute atomic E-state index is 0.108. The van der Waals surface area contributed by atoms with E-state index in [1.54, 1.807) is 10.9 Å². The minimum atomic E-state index is -0.316. The van der Waals surface area contributed by atoms with Crippen LogP contribution in [0.1, 0.15) is 24.1 Å². The molecule has 1 heterocycles. The molecule has 2 rings (SSSR count). The van der Waals surface area contributed by atoms with Crippen LogP contribution >= 0.6 is 0 Å². The number of aromatic nitrogens is 2. The van der Waals surface area contributed by atoms with Crippen LogP contribution in [-0.2, 0) is 13.5 Å². The van der Waals surface area contributed by atoms with Crippen LogP contribution in [0.2, 0.25) is 0 Å². The van der Waals surface area contributed by atoms with E-state index in [-0.39, 0.29) is 24.7 Å². The smallest absolute Gasteiger partial charge is 0.315 e. The number of aliphatic hydroxyl groups is 1. The van der Waals surface area contributed by atoms with Gasteiger partial charge in [0.15, 0.2) is 0 Å². The number of urea groups is 1. The predicted molar refractivity (Wildman–Crippen MR) is 84.3 cm³/mol. The summed E-state index contributed by atoms with van der Waals surface area (Å²) in [5.41, 5.74) is 2.00. The first-order valence-corrected chi connectivity index (χ1v) is 7.29. The molecular weight excluding hydrogens is 280 g/mol. The highest BCUT2D eigenvalue weighted by Gasteiger charge is 2.15. The first-order valence-electron chi connectivity index (χ1n) is 7.29. The zero-order valence-electron chi connectivity index (χ0n) is 12.9. The Labute approximate surface area is 130 Å². The van der Waals surface area contributed by atoms with Crippen LogP contribution in [0.3, 0.4) is 0 Å². The Morgan fingerprint density at radius 2 is 2.05 bits per heavy atom. The lowest BCUT2D eigenvalue weighted by molar-refractivity contribution is 0.213. The minimum Gasteiger partial charge on any atom is -0.394 e. The average Bonchev–Trinajstić information content (AvgIpc) is 2.94. The molecule has 0 aliphatic carbocycles. The highest BCUT2D eigenvalue weighted by atomic mass is 16.3. The standard InChI is InChI=1S/C16H22N4O2/c1-12(14-9-17-20(2)10-14)18-16(22)19-15(11-21)8-13-6-4-3-5-7-13/h3-7,9-10,12,15,21H,8,11H2,1-2H3,(H2,18,19,22)/t12-,15+/m1/s1. The fourth-order valence-corrected chi connectivity index (χ4v) is 2.23. The van der Waals surface area contributed by atoms with Gasteiger partial charge < -0.3 is 15.7 Å². The highest BCUT2D eigenvalue weighted by Crippen LogP contribution is 2.10. The van der Waals surface area contributed by atoms with Gasteiger partial charge in [-0.25, -0.2) is 4.79 Å². The second kappa shape index (κ2) is 7.61. The number of aryl methyl sites for hydroxylation is 1. The summed E-state index contributed by atoms with van der Waals surface area (Å²) in [6.07, 6.45) is 4.17. The van der Waals surface area contributed by atoms with Crippen molar-refractivity contribution < 1.29 is 9.90 Å². The van der Waals surface area contributed by atoms with E-state index < -0.39 is 0 Å². The van der Waals surface area contributed by atoms with Gasteiger partial charge in [0.2, 0.25) is 0 Å². The molecule has 3 N–H and O–H groups in total. The van der Waals surface area contributed by atoms with Crippen molar-refractivity contribution >= 4 is 6.03 Å². The first kappa shape index (κ1) is 16.0. The molecule has 2 amide bonds. The lowest BCUT2D eigenvalue weighted by atomic mass is 10.1. The fourth-order valence-electron chi connectivity index (χ4n) is 2.23. The molecule has 0 aliphatic rings. The topological polar surface area (TPSA) is 79.2 Å². The summed E-state index contributed by atoms with van der Waals surface area (Å²) in [5, 5.41) is 19.2. The largest absolute Gasteiger partial charge is 0.394 e. The summed E-state index contributed by atoms with van der Waals surface area (Å²) in [7, 11) is 1.83. The van der Waals surface area contributed by atoms with Gasteiger partial charge in [0.25, 0.3) is 0 Å². The Balaban J connectivity index is 1.86. The number of hydrogen-bond donors (Lipinski definition) is 3. The number of nitrogens with zero attached hydrogens (tertiary/aromatic N) is 2. The lowest BCUT2D eigenvalue weighted by Crippen LogP contribution is -2.45. The number of nitrogens with one attached hydrogen (secondary N) is 2. The summed E-state index contributed by atoms with van der Waals surface area (Å²) < 4.78 is 1.69. The van der Waals surface area contributed by atoms with E-state index in [1.807, 2.05) is 50.5 Å². The molecule has 0 saturated heterocycles. The van der Waals surface area contributed by atoms with Crippen molar-refractivity contribution in [2.24, 2.45) is 7.05 Å². The molecule has 2 atom stereocenters. The SMILES string of the molecule is C[C@@H](NC(=O)N[C@H](CO)Cc1ccccc1)c1cnn(C)c1. The first-order chi connectivity index (χ1) is 10.6. The van der Waals surface area contributed by atoms with Crippen molar-refractivity contribution in [3.05, 3.63) is 53.9 Å². The van der Waals surface area contributed by atoms with Crippen molar-refractivity contribution in [3.63, 3.8) is 0 Å². The van der Waals surface area contributed by atoms with Crippen LogP contribution in [0.5, 0.6) is 0 Å². The van der Waals surface area contributed by atoms with Gasteiger partial charge in [-0.05, 0) is 18.9 Å². The van der Waals surface area contributed by atoms with E-state index in [0.717, 1.165) is 11.1 Å². The zero-order chi connectivity index (χ0) is 15.9. The van der Waals surface area contributed by atoms with Gasteiger partial charge in [-0.1, -0.05) is 30.3 Å². The molecule has 1 aromatic carbocycles. The van der Waals surface area contributed by atoms with Gasteiger partial charge in [0.05, 0.1) is 24.9 Å². The van der Waals surface area contributed by atoms with Crippen molar-refractivity contribution in [2.75, 3.05) is 6.61 Å². The lowest BCUT2D eigenvalue weighted by Gasteiger charge is -2.19. The number of benzene rings is 1. The van der Waals surface area contributed by atoms with E-state index in [1.165, 1.54) is 0 Å². The molecule has 1 aromatic heterocycles. The second-order valence-corrected chi connectivity index (χ2v) is 5.36. The molecule has 0 unspecified atom stereocenters. The van der Waals surface area contributed by atoms with Crippen LogP contribution in [0.15, 0.2) is 42.7 Å². The summed E-state index contributed by atoms with van der Waals surface area (Å²) in [5.74, 6) is 0. The normalized spacial score (nSPS) is 13.4. The number of carbonyl (C=O) groups excluding carboxylic acids is 1. The van der Waals surface area contributed by atoms with Gasteiger partial charge in [0.1, 0.15) is 0 Å². The Bertz CT molecular complexity index is 597. The highest BCUT2D eigenvalue weighted by molar-refractivity contribution is 5.74. The number of carbonyl (C=O) groups is 1. The Morgan fingerprint density at radius 1 is 1.32 bits per heavy atom. The van der Waals surface area contributed by atoms with Crippen LogP contribution in [0.25, 0.3) is 0 Å². The maximum absolute atomic E-state index is 12.0. The van der Waals surface area contributed by atoms with E-state index in [0.29, 0.717) is 6.42 Å². The zero-order valence-corrected chi connectivity index (χ0v) is 12.9. The summed E-state index contributed by atoms with van der Waals surface area (Å²) in [6, 6.07) is 9.00. The molecule has 0 saturated carbocycles. The third-order valence-electron chi connectivity index (χ3n) is 3.45. The maximum atomic E-state index is 12.0. The Hall–Kier alpha value is -2.34. The molecule has 0 spiro atoms. The molecule has 0 radical (unpaired) electrons. The Kier molecular flexibility index (Phi) is 5.55. The number of aliphatic hydroxyl groups excluding tert-OH is 1. The third kappa shape index (κ3) is 4.60. The quantitative estimate of drug-likeness (QED) is 0.754. The van der Waals surface area contributed by atoms with Crippen molar-refractivity contribution in [1.82, 2.24) is 20.4 Å². The number of rotatable bonds is 6. The van der Waals surface area contributed by atoms with Gasteiger partial charge in [0, 0.05) is 18.8 Å². The average molecular weight is 302 g/mol. The molecule has 22 heavy (non-hydrogen) atoms. The summed E-state index contributed by atoms with van der Waals surface area (Å²) in [4.78, 5) is 12.0. The molecule has 118 valence electrons. The summed E-state index contributed by atoms with van der Waals surface area (Å²) in [6.45, 7) is 1.78. The van der Waals surface area contributed by atoms with Crippen molar-refractivity contribution in [1.29, 1.82) is 0 Å². The summed E-state index contributed by atoms with van der Waals surface area (Å²) >= 11 is 0. The molecule has 0 fully saturated rings. The van der Waals surface area contributed by atoms with Gasteiger partial charge >= 0.3 is 6.03 Å². The predicted octanol–water partition coefficient (Wildman–Crippen LogP) is 1.38. The molecule has 2 aromatic rings. The van der Waals surface area contributed by atoms with Crippen LogP contribution in [0, 0.1) is 0 Å². The Morgan fingerprint density at radius 3 is 2.64 bits per heavy atom. The third-order valence-corrected chi connectivity index (χ3v) is 3.45. The fraction of sp³-hybridized carbons (Fsp3) is 0.375. The van der Waals surface area contributed by atoms with Gasteiger partial charge in [-0.2, -0.15) is 5.10 Å². The maximum Gasteiger partial charge on any atom is 0.315 e. The molecule has 0 bridgehead atoms. The molecule has 6 nitrogen and oxygen atoms in total. The molecule has 6 heteroatoms. The van der Waals surface area contributed by atoms with Crippen molar-refractivity contribution in [2.45, 2.75) is 25.4 Å². The van der Waals surface area contributed by atoms with Crippen molar-refractivity contribution in [3.8, 4) is 0 Å². The molecular formula is C16H22N4O2. The van der Waals surface area contributed by atoms with Crippen LogP contribution in [0.4, 0.5) is 4.79 Å². The van der Waals surface area contributed by atoms with E-state index in [2.05, 4.69) is 15.7 Å². The van der Waals surface area contributed by atoms with Gasteiger partial charge in [-0.15, -0.1) is 0 Å². The van der Waals surface area contributed by atoms with Crippen LogP contribution in [-0.4, -0.2) is 33.6 Å². The number of hydrogen-bond acceptors (Lipinski definition) is 3. The van der Waals surface area contributed by atoms with E-state index >= 15 is 0 Å².